The number of anilines is 1. The summed E-state index contributed by atoms with van der Waals surface area (Å²) in [7, 11) is 0. The number of thioether (sulfide) groups is 1. The number of hydrogen-bond donors (Lipinski definition) is 2. The van der Waals surface area contributed by atoms with Crippen molar-refractivity contribution in [2.75, 3.05) is 10.7 Å². The van der Waals surface area contributed by atoms with Crippen LogP contribution in [0.25, 0.3) is 11.4 Å². The smallest absolute Gasteiger partial charge is 0.240 e. The van der Waals surface area contributed by atoms with Gasteiger partial charge in [0, 0.05) is 16.3 Å². The summed E-state index contributed by atoms with van der Waals surface area (Å²) < 4.78 is 1.86. The first-order valence-electron chi connectivity index (χ1n) is 10.2. The van der Waals surface area contributed by atoms with Gasteiger partial charge in [0.25, 0.3) is 0 Å². The van der Waals surface area contributed by atoms with Crippen LogP contribution in [0.15, 0.2) is 84.0 Å². The first-order chi connectivity index (χ1) is 15.6. The topological polar surface area (TPSA) is 71.8 Å². The Hall–Kier alpha value is -3.29. The zero-order valence-corrected chi connectivity index (χ0v) is 18.8. The average Bonchev–Trinajstić information content (AvgIpc) is 3.22. The Balaban J connectivity index is 1.51. The molecule has 1 amide bonds. The van der Waals surface area contributed by atoms with Crippen LogP contribution in [0.4, 0.5) is 5.69 Å². The van der Waals surface area contributed by atoms with E-state index in [2.05, 4.69) is 20.9 Å². The highest BCUT2D eigenvalue weighted by Crippen LogP contribution is 2.39. The van der Waals surface area contributed by atoms with E-state index in [-0.39, 0.29) is 11.9 Å². The summed E-state index contributed by atoms with van der Waals surface area (Å²) in [4.78, 5) is 13.4. The summed E-state index contributed by atoms with van der Waals surface area (Å²) in [6.07, 6.45) is 0. The minimum atomic E-state index is -0.461. The van der Waals surface area contributed by atoms with E-state index in [0.29, 0.717) is 16.0 Å². The molecule has 1 aliphatic rings. The Morgan fingerprint density at radius 3 is 2.56 bits per heavy atom. The molecule has 2 unspecified atom stereocenters. The van der Waals surface area contributed by atoms with Gasteiger partial charge in [-0.2, -0.15) is 0 Å². The van der Waals surface area contributed by atoms with E-state index < -0.39 is 5.25 Å². The molecule has 160 valence electrons. The number of amides is 1. The quantitative estimate of drug-likeness (QED) is 0.431. The van der Waals surface area contributed by atoms with Gasteiger partial charge in [-0.3, -0.25) is 4.79 Å². The molecule has 2 N–H and O–H groups in total. The van der Waals surface area contributed by atoms with E-state index >= 15 is 0 Å². The Labute approximate surface area is 195 Å². The molecule has 2 atom stereocenters. The van der Waals surface area contributed by atoms with Gasteiger partial charge in [0.1, 0.15) is 5.25 Å². The van der Waals surface area contributed by atoms with Crippen molar-refractivity contribution in [3.05, 3.63) is 95.0 Å². The highest BCUT2D eigenvalue weighted by atomic mass is 35.5. The van der Waals surface area contributed by atoms with Gasteiger partial charge in [0.05, 0.1) is 6.04 Å². The number of fused-ring (bicyclic) bond motifs is 1. The summed E-state index contributed by atoms with van der Waals surface area (Å²) in [6, 6.07) is 24.8. The molecule has 6 nitrogen and oxygen atoms in total. The number of rotatable bonds is 4. The van der Waals surface area contributed by atoms with Crippen LogP contribution in [-0.2, 0) is 4.79 Å². The Morgan fingerprint density at radius 1 is 1.03 bits per heavy atom. The van der Waals surface area contributed by atoms with Gasteiger partial charge < -0.3 is 10.7 Å². The molecular weight excluding hydrogens is 442 g/mol. The molecule has 0 bridgehead atoms. The summed E-state index contributed by atoms with van der Waals surface area (Å²) in [6.45, 7) is 2.00. The maximum absolute atomic E-state index is 13.4. The molecular formula is C24H20ClN5OS. The second-order valence-electron chi connectivity index (χ2n) is 7.56. The zero-order valence-electron chi connectivity index (χ0n) is 17.2. The van der Waals surface area contributed by atoms with Crippen molar-refractivity contribution in [3.63, 3.8) is 0 Å². The molecule has 0 saturated carbocycles. The highest BCUT2D eigenvalue weighted by Gasteiger charge is 2.38. The maximum Gasteiger partial charge on any atom is 0.240 e. The van der Waals surface area contributed by atoms with Crippen LogP contribution in [-0.4, -0.2) is 26.0 Å². The first kappa shape index (κ1) is 20.6. The van der Waals surface area contributed by atoms with Gasteiger partial charge in [0.15, 0.2) is 5.82 Å². The highest BCUT2D eigenvalue weighted by molar-refractivity contribution is 8.00. The molecule has 5 rings (SSSR count). The SMILES string of the molecule is Cc1cccc(NC(=O)C2Sc3nnc(-c4ccccc4)n3NC2c2ccc(Cl)cc2)c1. The fourth-order valence-corrected chi connectivity index (χ4v) is 4.89. The predicted octanol–water partition coefficient (Wildman–Crippen LogP) is 5.30. The van der Waals surface area contributed by atoms with Gasteiger partial charge >= 0.3 is 0 Å². The summed E-state index contributed by atoms with van der Waals surface area (Å²) in [5.41, 5.74) is 7.21. The van der Waals surface area contributed by atoms with Crippen LogP contribution in [0.2, 0.25) is 5.02 Å². The third kappa shape index (κ3) is 4.09. The van der Waals surface area contributed by atoms with E-state index in [4.69, 9.17) is 11.6 Å². The van der Waals surface area contributed by atoms with Crippen molar-refractivity contribution >= 4 is 35.0 Å². The Bertz CT molecular complexity index is 1260. The Kier molecular flexibility index (Phi) is 5.59. The lowest BCUT2D eigenvalue weighted by atomic mass is 10.0. The number of hydrogen-bond acceptors (Lipinski definition) is 5. The normalized spacial score (nSPS) is 17.3. The fraction of sp³-hybridized carbons (Fsp3) is 0.125. The second kappa shape index (κ2) is 8.68. The van der Waals surface area contributed by atoms with Gasteiger partial charge in [-0.05, 0) is 42.3 Å². The minimum absolute atomic E-state index is 0.108. The molecule has 0 fully saturated rings. The maximum atomic E-state index is 13.4. The summed E-state index contributed by atoms with van der Waals surface area (Å²) in [5, 5.41) is 12.6. The molecule has 1 aliphatic heterocycles. The second-order valence-corrected chi connectivity index (χ2v) is 9.11. The molecule has 1 aromatic heterocycles. The number of nitrogens with zero attached hydrogens (tertiary/aromatic N) is 3. The van der Waals surface area contributed by atoms with Crippen molar-refractivity contribution in [3.8, 4) is 11.4 Å². The zero-order chi connectivity index (χ0) is 22.1. The van der Waals surface area contributed by atoms with Crippen LogP contribution in [0, 0.1) is 6.92 Å². The number of benzene rings is 3. The van der Waals surface area contributed by atoms with Crippen LogP contribution in [0.1, 0.15) is 17.2 Å². The van der Waals surface area contributed by atoms with Crippen LogP contribution in [0.3, 0.4) is 0 Å². The number of nitrogens with one attached hydrogen (secondary N) is 2. The van der Waals surface area contributed by atoms with E-state index in [1.165, 1.54) is 11.8 Å². The lowest BCUT2D eigenvalue weighted by Crippen LogP contribution is -2.41. The van der Waals surface area contributed by atoms with Gasteiger partial charge in [-0.25, -0.2) is 4.68 Å². The molecule has 4 aromatic rings. The number of carbonyl (C=O) groups excluding carboxylic acids is 1. The van der Waals surface area contributed by atoms with E-state index in [9.17, 15) is 4.79 Å². The van der Waals surface area contributed by atoms with E-state index in [1.54, 1.807) is 0 Å². The number of carbonyl (C=O) groups is 1. The molecule has 32 heavy (non-hydrogen) atoms. The standard InChI is InChI=1S/C24H20ClN5OS/c1-15-6-5-9-19(14-15)26-23(31)21-20(16-10-12-18(25)13-11-16)29-30-22(27-28-24(30)32-21)17-7-3-2-4-8-17/h2-14,20-21,29H,1H3,(H,26,31). The van der Waals surface area contributed by atoms with Crippen molar-refractivity contribution in [1.82, 2.24) is 14.9 Å². The lowest BCUT2D eigenvalue weighted by molar-refractivity contribution is -0.116. The van der Waals surface area contributed by atoms with Crippen molar-refractivity contribution in [2.24, 2.45) is 0 Å². The van der Waals surface area contributed by atoms with E-state index in [0.717, 1.165) is 22.4 Å². The lowest BCUT2D eigenvalue weighted by Gasteiger charge is -2.33. The predicted molar refractivity (Wildman–Crippen MR) is 128 cm³/mol. The van der Waals surface area contributed by atoms with Crippen LogP contribution in [0.5, 0.6) is 0 Å². The number of aryl methyl sites for hydroxylation is 1. The molecule has 0 radical (unpaired) electrons. The molecule has 3 aromatic carbocycles. The molecule has 0 aliphatic carbocycles. The largest absolute Gasteiger partial charge is 0.325 e. The van der Waals surface area contributed by atoms with Gasteiger partial charge in [-0.15, -0.1) is 10.2 Å². The molecule has 0 saturated heterocycles. The number of halogens is 1. The molecule has 0 spiro atoms. The van der Waals surface area contributed by atoms with E-state index in [1.807, 2.05) is 90.5 Å². The molecule has 2 heterocycles. The minimum Gasteiger partial charge on any atom is -0.325 e. The van der Waals surface area contributed by atoms with Crippen LogP contribution < -0.4 is 10.7 Å². The third-order valence-corrected chi connectivity index (χ3v) is 6.71. The average molecular weight is 462 g/mol. The van der Waals surface area contributed by atoms with Gasteiger partial charge in [0.2, 0.25) is 11.1 Å². The summed E-state index contributed by atoms with van der Waals surface area (Å²) in [5.74, 6) is 0.591. The number of aromatic nitrogens is 3. The third-order valence-electron chi connectivity index (χ3n) is 5.24. The van der Waals surface area contributed by atoms with Crippen molar-refractivity contribution in [2.45, 2.75) is 23.4 Å². The molecule has 8 heteroatoms. The summed E-state index contributed by atoms with van der Waals surface area (Å²) >= 11 is 7.50. The fourth-order valence-electron chi connectivity index (χ4n) is 3.69. The van der Waals surface area contributed by atoms with Crippen molar-refractivity contribution < 1.29 is 4.79 Å². The Morgan fingerprint density at radius 2 is 1.81 bits per heavy atom. The first-order valence-corrected chi connectivity index (χ1v) is 11.4. The van der Waals surface area contributed by atoms with Crippen molar-refractivity contribution in [1.29, 1.82) is 0 Å². The van der Waals surface area contributed by atoms with Gasteiger partial charge in [-0.1, -0.05) is 78.0 Å². The monoisotopic (exact) mass is 461 g/mol. The van der Waals surface area contributed by atoms with Crippen LogP contribution >= 0.6 is 23.4 Å².